The van der Waals surface area contributed by atoms with Gasteiger partial charge in [-0.15, -0.1) is 22.7 Å². The molecule has 0 atom stereocenters. The standard InChI is InChI=1S/C17H19N3O2S2/c1-11-18-16-14(24-11)9-13(12-3-8-23-17(12)16)22-10-15(21)20-6-4-19(2)5-7-20/h3,8-9H,4-7,10H2,1-2H3. The largest absolute Gasteiger partial charge is 0.483 e. The number of hydrogen-bond donors (Lipinski definition) is 0. The van der Waals surface area contributed by atoms with E-state index < -0.39 is 0 Å². The fourth-order valence-electron chi connectivity index (χ4n) is 2.99. The number of benzene rings is 1. The predicted octanol–water partition coefficient (Wildman–Crippen LogP) is 2.97. The first-order valence-electron chi connectivity index (χ1n) is 7.98. The van der Waals surface area contributed by atoms with Gasteiger partial charge in [-0.2, -0.15) is 0 Å². The number of carbonyl (C=O) groups excluding carboxylic acids is 1. The van der Waals surface area contributed by atoms with Crippen molar-refractivity contribution in [3.05, 3.63) is 22.5 Å². The van der Waals surface area contributed by atoms with Gasteiger partial charge < -0.3 is 14.5 Å². The van der Waals surface area contributed by atoms with Crippen LogP contribution in [-0.2, 0) is 4.79 Å². The van der Waals surface area contributed by atoms with Crippen molar-refractivity contribution in [2.45, 2.75) is 6.92 Å². The third-order valence-corrected chi connectivity index (χ3v) is 6.21. The number of rotatable bonds is 3. The van der Waals surface area contributed by atoms with Crippen molar-refractivity contribution < 1.29 is 9.53 Å². The normalized spacial score (nSPS) is 16.2. The summed E-state index contributed by atoms with van der Waals surface area (Å²) in [7, 11) is 2.08. The van der Waals surface area contributed by atoms with Gasteiger partial charge in [-0.25, -0.2) is 4.98 Å². The molecule has 3 heterocycles. The molecule has 5 nitrogen and oxygen atoms in total. The van der Waals surface area contributed by atoms with Gasteiger partial charge in [-0.3, -0.25) is 4.79 Å². The highest BCUT2D eigenvalue weighted by atomic mass is 32.1. The molecule has 0 saturated carbocycles. The number of piperazine rings is 1. The van der Waals surface area contributed by atoms with Crippen LogP contribution in [0.15, 0.2) is 17.5 Å². The zero-order chi connectivity index (χ0) is 16.7. The molecule has 1 aliphatic heterocycles. The summed E-state index contributed by atoms with van der Waals surface area (Å²) in [6, 6.07) is 4.07. The number of carbonyl (C=O) groups is 1. The first-order chi connectivity index (χ1) is 11.6. The van der Waals surface area contributed by atoms with E-state index in [1.807, 2.05) is 29.3 Å². The molecule has 1 aliphatic rings. The van der Waals surface area contributed by atoms with E-state index in [-0.39, 0.29) is 12.5 Å². The van der Waals surface area contributed by atoms with Crippen LogP contribution in [0.25, 0.3) is 20.3 Å². The van der Waals surface area contributed by atoms with Crippen LogP contribution in [0.5, 0.6) is 5.75 Å². The quantitative estimate of drug-likeness (QED) is 0.719. The van der Waals surface area contributed by atoms with Crippen LogP contribution in [0.1, 0.15) is 5.01 Å². The van der Waals surface area contributed by atoms with Gasteiger partial charge in [0.05, 0.1) is 19.9 Å². The van der Waals surface area contributed by atoms with Gasteiger partial charge >= 0.3 is 0 Å². The number of ether oxygens (including phenoxy) is 1. The third-order valence-electron chi connectivity index (χ3n) is 4.38. The van der Waals surface area contributed by atoms with Gasteiger partial charge in [0.25, 0.3) is 5.91 Å². The molecule has 0 aliphatic carbocycles. The Morgan fingerprint density at radius 3 is 2.92 bits per heavy atom. The van der Waals surface area contributed by atoms with Crippen molar-refractivity contribution in [1.29, 1.82) is 0 Å². The maximum absolute atomic E-state index is 12.4. The van der Waals surface area contributed by atoms with Crippen molar-refractivity contribution in [3.8, 4) is 5.75 Å². The van der Waals surface area contributed by atoms with Gasteiger partial charge in [-0.1, -0.05) is 0 Å². The molecular formula is C17H19N3O2S2. The molecule has 1 amide bonds. The SMILES string of the molecule is Cc1nc2c(cc(OCC(=O)N3CCN(C)CC3)c3ccsc32)s1. The molecule has 0 radical (unpaired) electrons. The van der Waals surface area contributed by atoms with Crippen LogP contribution in [0.3, 0.4) is 0 Å². The lowest BCUT2D eigenvalue weighted by Gasteiger charge is -2.32. The molecule has 2 aromatic heterocycles. The molecule has 126 valence electrons. The molecule has 7 heteroatoms. The summed E-state index contributed by atoms with van der Waals surface area (Å²) in [6.45, 7) is 5.51. The maximum atomic E-state index is 12.4. The molecule has 4 rings (SSSR count). The zero-order valence-electron chi connectivity index (χ0n) is 13.7. The molecule has 0 N–H and O–H groups in total. The minimum absolute atomic E-state index is 0.0621. The second-order valence-electron chi connectivity index (χ2n) is 6.09. The summed E-state index contributed by atoms with van der Waals surface area (Å²) in [4.78, 5) is 21.1. The number of fused-ring (bicyclic) bond motifs is 3. The van der Waals surface area contributed by atoms with E-state index in [1.54, 1.807) is 22.7 Å². The first-order valence-corrected chi connectivity index (χ1v) is 9.68. The minimum Gasteiger partial charge on any atom is -0.483 e. The van der Waals surface area contributed by atoms with Crippen LogP contribution in [0.4, 0.5) is 0 Å². The van der Waals surface area contributed by atoms with E-state index in [9.17, 15) is 4.79 Å². The van der Waals surface area contributed by atoms with E-state index in [1.165, 1.54) is 0 Å². The Balaban J connectivity index is 1.55. The monoisotopic (exact) mass is 361 g/mol. The molecule has 0 spiro atoms. The van der Waals surface area contributed by atoms with Gasteiger partial charge in [0.1, 0.15) is 5.75 Å². The first kappa shape index (κ1) is 15.8. The Kier molecular flexibility index (Phi) is 4.15. The second kappa shape index (κ2) is 6.31. The fraction of sp³-hybridized carbons (Fsp3) is 0.412. The number of amides is 1. The number of thiazole rings is 1. The minimum atomic E-state index is 0.0621. The van der Waals surface area contributed by atoms with Gasteiger partial charge in [0.15, 0.2) is 6.61 Å². The van der Waals surface area contributed by atoms with Crippen molar-refractivity contribution >= 4 is 48.9 Å². The smallest absolute Gasteiger partial charge is 0.260 e. The zero-order valence-corrected chi connectivity index (χ0v) is 15.4. The van der Waals surface area contributed by atoms with Crippen LogP contribution < -0.4 is 4.74 Å². The summed E-state index contributed by atoms with van der Waals surface area (Å²) in [5.74, 6) is 0.844. The highest BCUT2D eigenvalue weighted by molar-refractivity contribution is 7.21. The van der Waals surface area contributed by atoms with E-state index in [2.05, 4.69) is 16.9 Å². The van der Waals surface area contributed by atoms with E-state index >= 15 is 0 Å². The average Bonchev–Trinajstić information content (AvgIpc) is 3.18. The third kappa shape index (κ3) is 2.87. The Hall–Kier alpha value is -1.70. The Morgan fingerprint density at radius 1 is 1.33 bits per heavy atom. The summed E-state index contributed by atoms with van der Waals surface area (Å²) in [5, 5.41) is 4.14. The van der Waals surface area contributed by atoms with E-state index in [0.29, 0.717) is 0 Å². The molecule has 0 bridgehead atoms. The van der Waals surface area contributed by atoms with Crippen molar-refractivity contribution in [2.24, 2.45) is 0 Å². The number of aryl methyl sites for hydroxylation is 1. The summed E-state index contributed by atoms with van der Waals surface area (Å²) >= 11 is 3.33. The Morgan fingerprint density at radius 2 is 2.12 bits per heavy atom. The number of nitrogens with zero attached hydrogens (tertiary/aromatic N) is 3. The topological polar surface area (TPSA) is 45.7 Å². The van der Waals surface area contributed by atoms with Crippen molar-refractivity contribution in [1.82, 2.24) is 14.8 Å². The summed E-state index contributed by atoms with van der Waals surface area (Å²) < 4.78 is 8.17. The second-order valence-corrected chi connectivity index (χ2v) is 8.24. The van der Waals surface area contributed by atoms with Crippen molar-refractivity contribution in [3.63, 3.8) is 0 Å². The Bertz CT molecular complexity index is 894. The lowest BCUT2D eigenvalue weighted by Crippen LogP contribution is -2.48. The summed E-state index contributed by atoms with van der Waals surface area (Å²) in [6.07, 6.45) is 0. The van der Waals surface area contributed by atoms with Gasteiger partial charge in [0, 0.05) is 37.6 Å². The molecule has 1 aromatic carbocycles. The lowest BCUT2D eigenvalue weighted by molar-refractivity contribution is -0.134. The van der Waals surface area contributed by atoms with Crippen molar-refractivity contribution in [2.75, 3.05) is 39.8 Å². The average molecular weight is 361 g/mol. The van der Waals surface area contributed by atoms with Gasteiger partial charge in [0.2, 0.25) is 0 Å². The van der Waals surface area contributed by atoms with Crippen LogP contribution in [0.2, 0.25) is 0 Å². The molecule has 1 fully saturated rings. The van der Waals surface area contributed by atoms with E-state index in [0.717, 1.165) is 57.2 Å². The highest BCUT2D eigenvalue weighted by Crippen LogP contribution is 2.38. The number of hydrogen-bond acceptors (Lipinski definition) is 6. The van der Waals surface area contributed by atoms with Crippen LogP contribution in [0, 0.1) is 6.92 Å². The molecule has 0 unspecified atom stereocenters. The van der Waals surface area contributed by atoms with Crippen LogP contribution in [-0.4, -0.2) is 60.5 Å². The molecule has 1 saturated heterocycles. The highest BCUT2D eigenvalue weighted by Gasteiger charge is 2.20. The number of thiophene rings is 1. The summed E-state index contributed by atoms with van der Waals surface area (Å²) in [5.41, 5.74) is 1.04. The van der Waals surface area contributed by atoms with Gasteiger partial charge in [-0.05, 0) is 25.4 Å². The lowest BCUT2D eigenvalue weighted by atomic mass is 10.2. The number of likely N-dealkylation sites (N-methyl/N-ethyl adjacent to an activating group) is 1. The fourth-order valence-corrected chi connectivity index (χ4v) is 4.83. The maximum Gasteiger partial charge on any atom is 0.260 e. The molecule has 24 heavy (non-hydrogen) atoms. The van der Waals surface area contributed by atoms with E-state index in [4.69, 9.17) is 4.74 Å². The molecular weight excluding hydrogens is 342 g/mol. The van der Waals surface area contributed by atoms with Crippen LogP contribution >= 0.6 is 22.7 Å². The molecule has 3 aromatic rings. The Labute approximate surface area is 148 Å². The predicted molar refractivity (Wildman–Crippen MR) is 99.3 cm³/mol. The number of aromatic nitrogens is 1.